The molecule has 0 aliphatic rings. The first-order valence-corrected chi connectivity index (χ1v) is 8.10. The molecule has 5 rings (SSSR count). The van der Waals surface area contributed by atoms with E-state index in [1.54, 1.807) is 0 Å². The van der Waals surface area contributed by atoms with E-state index in [2.05, 4.69) is 9.97 Å². The summed E-state index contributed by atoms with van der Waals surface area (Å²) in [7, 11) is 0. The van der Waals surface area contributed by atoms with Crippen molar-refractivity contribution in [3.8, 4) is 22.9 Å². The highest BCUT2D eigenvalue weighted by Crippen LogP contribution is 2.28. The zero-order chi connectivity index (χ0) is 16.8. The van der Waals surface area contributed by atoms with Crippen molar-refractivity contribution < 1.29 is 8.83 Å². The van der Waals surface area contributed by atoms with Crippen LogP contribution in [0.2, 0.25) is 0 Å². The van der Waals surface area contributed by atoms with Gasteiger partial charge in [-0.3, -0.25) is 0 Å². The van der Waals surface area contributed by atoms with Crippen molar-refractivity contribution in [3.63, 3.8) is 0 Å². The summed E-state index contributed by atoms with van der Waals surface area (Å²) in [6.07, 6.45) is 0. The minimum absolute atomic E-state index is 0.612. The molecule has 0 amide bonds. The molecule has 0 fully saturated rings. The first-order valence-electron chi connectivity index (χ1n) is 8.10. The molecular weight excluding hydrogens is 312 g/mol. The number of fused-ring (bicyclic) bond motifs is 2. The fourth-order valence-corrected chi connectivity index (χ4v) is 2.91. The fourth-order valence-electron chi connectivity index (χ4n) is 2.91. The van der Waals surface area contributed by atoms with Gasteiger partial charge in [-0.15, -0.1) is 0 Å². The number of hydrogen-bond donors (Lipinski definition) is 0. The zero-order valence-electron chi connectivity index (χ0n) is 13.6. The van der Waals surface area contributed by atoms with Crippen LogP contribution in [-0.4, -0.2) is 9.97 Å². The Morgan fingerprint density at radius 1 is 0.640 bits per heavy atom. The number of aromatic nitrogens is 2. The van der Waals surface area contributed by atoms with Crippen molar-refractivity contribution >= 4 is 22.2 Å². The fraction of sp³-hybridized carbons (Fsp3) is 0.0476. The highest BCUT2D eigenvalue weighted by molar-refractivity contribution is 5.78. The minimum atomic E-state index is 0.612. The number of para-hydroxylation sites is 2. The quantitative estimate of drug-likeness (QED) is 0.423. The van der Waals surface area contributed by atoms with E-state index >= 15 is 0 Å². The van der Waals surface area contributed by atoms with Gasteiger partial charge >= 0.3 is 0 Å². The number of benzene rings is 3. The van der Waals surface area contributed by atoms with E-state index in [0.29, 0.717) is 11.8 Å². The van der Waals surface area contributed by atoms with Crippen molar-refractivity contribution in [2.24, 2.45) is 0 Å². The molecule has 25 heavy (non-hydrogen) atoms. The monoisotopic (exact) mass is 326 g/mol. The van der Waals surface area contributed by atoms with Gasteiger partial charge < -0.3 is 8.83 Å². The van der Waals surface area contributed by atoms with Crippen molar-refractivity contribution in [1.29, 1.82) is 0 Å². The van der Waals surface area contributed by atoms with E-state index < -0.39 is 0 Å². The van der Waals surface area contributed by atoms with Crippen LogP contribution in [0.1, 0.15) is 5.56 Å². The maximum absolute atomic E-state index is 5.88. The molecule has 0 aliphatic carbocycles. The largest absolute Gasteiger partial charge is 0.436 e. The van der Waals surface area contributed by atoms with Gasteiger partial charge in [-0.25, -0.2) is 9.97 Å². The van der Waals surface area contributed by atoms with Crippen molar-refractivity contribution in [1.82, 2.24) is 9.97 Å². The lowest BCUT2D eigenvalue weighted by Gasteiger charge is -1.97. The maximum atomic E-state index is 5.88. The Bertz CT molecular complexity index is 1170. The summed E-state index contributed by atoms with van der Waals surface area (Å²) in [4.78, 5) is 9.08. The van der Waals surface area contributed by atoms with Gasteiger partial charge in [0.2, 0.25) is 11.8 Å². The first-order chi connectivity index (χ1) is 12.3. The van der Waals surface area contributed by atoms with Crippen LogP contribution in [0.15, 0.2) is 75.6 Å². The molecule has 0 saturated heterocycles. The predicted octanol–water partition coefficient (Wildman–Crippen LogP) is 5.61. The normalized spacial score (nSPS) is 11.4. The van der Waals surface area contributed by atoms with Crippen molar-refractivity contribution in [3.05, 3.63) is 72.3 Å². The van der Waals surface area contributed by atoms with Crippen LogP contribution >= 0.6 is 0 Å². The summed E-state index contributed by atoms with van der Waals surface area (Å²) in [5, 5.41) is 0. The maximum Gasteiger partial charge on any atom is 0.227 e. The molecule has 0 radical (unpaired) electrons. The lowest BCUT2D eigenvalue weighted by atomic mass is 10.1. The Balaban J connectivity index is 1.53. The molecule has 3 aromatic carbocycles. The number of nitrogens with zero attached hydrogens (tertiary/aromatic N) is 2. The lowest BCUT2D eigenvalue weighted by Crippen LogP contribution is -1.80. The topological polar surface area (TPSA) is 52.1 Å². The van der Waals surface area contributed by atoms with Gasteiger partial charge in [0.25, 0.3) is 0 Å². The molecule has 0 saturated carbocycles. The molecule has 2 aromatic heterocycles. The molecule has 0 spiro atoms. The Labute approximate surface area is 143 Å². The second kappa shape index (κ2) is 5.31. The Hall–Kier alpha value is -3.40. The first kappa shape index (κ1) is 14.0. The molecular formula is C21H14N2O2. The van der Waals surface area contributed by atoms with Crippen LogP contribution < -0.4 is 0 Å². The van der Waals surface area contributed by atoms with E-state index in [0.717, 1.165) is 38.9 Å². The van der Waals surface area contributed by atoms with Crippen LogP contribution in [0.4, 0.5) is 0 Å². The molecule has 0 aliphatic heterocycles. The Kier molecular flexibility index (Phi) is 2.97. The second-order valence-corrected chi connectivity index (χ2v) is 6.05. The summed E-state index contributed by atoms with van der Waals surface area (Å²) in [5.41, 5.74) is 6.32. The third-order valence-corrected chi connectivity index (χ3v) is 4.22. The Morgan fingerprint density at radius 2 is 1.24 bits per heavy atom. The summed E-state index contributed by atoms with van der Waals surface area (Å²) in [6.45, 7) is 2.04. The molecule has 5 aromatic rings. The molecule has 4 nitrogen and oxygen atoms in total. The van der Waals surface area contributed by atoms with Crippen LogP contribution in [-0.2, 0) is 0 Å². The van der Waals surface area contributed by atoms with E-state index in [1.807, 2.05) is 73.7 Å². The van der Waals surface area contributed by atoms with Gasteiger partial charge in [-0.05, 0) is 61.0 Å². The molecule has 0 bridgehead atoms. The van der Waals surface area contributed by atoms with Crippen LogP contribution in [0.3, 0.4) is 0 Å². The second-order valence-electron chi connectivity index (χ2n) is 6.05. The van der Waals surface area contributed by atoms with E-state index in [9.17, 15) is 0 Å². The predicted molar refractivity (Wildman–Crippen MR) is 97.2 cm³/mol. The van der Waals surface area contributed by atoms with Gasteiger partial charge in [-0.1, -0.05) is 18.2 Å². The standard InChI is InChI=1S/C21H14N2O2/c1-13-6-11-17-19(12-13)25-21(23-17)15-9-7-14(8-10-15)20-22-16-4-2-3-5-18(16)24-20/h2-12H,1H3. The molecule has 0 atom stereocenters. The molecule has 4 heteroatoms. The minimum Gasteiger partial charge on any atom is -0.436 e. The average molecular weight is 326 g/mol. The highest BCUT2D eigenvalue weighted by atomic mass is 16.4. The smallest absolute Gasteiger partial charge is 0.227 e. The SMILES string of the molecule is Cc1ccc2nc(-c3ccc(-c4nc5ccccc5o4)cc3)oc2c1. The number of oxazole rings is 2. The summed E-state index contributed by atoms with van der Waals surface area (Å²) in [5.74, 6) is 1.23. The molecule has 0 unspecified atom stereocenters. The van der Waals surface area contributed by atoms with Crippen LogP contribution in [0.5, 0.6) is 0 Å². The van der Waals surface area contributed by atoms with Crippen LogP contribution in [0.25, 0.3) is 45.1 Å². The average Bonchev–Trinajstić information content (AvgIpc) is 3.25. The van der Waals surface area contributed by atoms with E-state index in [-0.39, 0.29) is 0 Å². The lowest BCUT2D eigenvalue weighted by molar-refractivity contribution is 0.617. The third kappa shape index (κ3) is 2.39. The van der Waals surface area contributed by atoms with Gasteiger partial charge in [0.05, 0.1) is 0 Å². The van der Waals surface area contributed by atoms with Gasteiger partial charge in [0, 0.05) is 11.1 Å². The van der Waals surface area contributed by atoms with E-state index in [4.69, 9.17) is 8.83 Å². The summed E-state index contributed by atoms with van der Waals surface area (Å²) >= 11 is 0. The Morgan fingerprint density at radius 3 is 1.92 bits per heavy atom. The van der Waals surface area contributed by atoms with Gasteiger partial charge in [0.15, 0.2) is 11.2 Å². The third-order valence-electron chi connectivity index (χ3n) is 4.22. The summed E-state index contributed by atoms with van der Waals surface area (Å²) in [6, 6.07) is 21.7. The molecule has 2 heterocycles. The van der Waals surface area contributed by atoms with E-state index in [1.165, 1.54) is 0 Å². The van der Waals surface area contributed by atoms with Crippen molar-refractivity contribution in [2.45, 2.75) is 6.92 Å². The van der Waals surface area contributed by atoms with Crippen molar-refractivity contribution in [2.75, 3.05) is 0 Å². The molecule has 0 N–H and O–H groups in total. The highest BCUT2D eigenvalue weighted by Gasteiger charge is 2.11. The summed E-state index contributed by atoms with van der Waals surface area (Å²) < 4.78 is 11.7. The zero-order valence-corrected chi connectivity index (χ0v) is 13.6. The number of aryl methyl sites for hydroxylation is 1. The number of hydrogen-bond acceptors (Lipinski definition) is 4. The van der Waals surface area contributed by atoms with Gasteiger partial charge in [-0.2, -0.15) is 0 Å². The number of rotatable bonds is 2. The van der Waals surface area contributed by atoms with Gasteiger partial charge in [0.1, 0.15) is 11.0 Å². The molecule has 120 valence electrons. The van der Waals surface area contributed by atoms with Crippen LogP contribution in [0, 0.1) is 6.92 Å².